The number of nitrogens with one attached hydrogen (secondary N) is 2. The van der Waals surface area contributed by atoms with Crippen LogP contribution in [-0.4, -0.2) is 22.4 Å². The number of nitrogens with two attached hydrogens (primary N) is 1. The normalized spacial score (nSPS) is 10.8. The van der Waals surface area contributed by atoms with Gasteiger partial charge in [-0.25, -0.2) is 4.98 Å². The molecule has 0 radical (unpaired) electrons. The number of imidazole rings is 1. The van der Waals surface area contributed by atoms with Gasteiger partial charge in [-0.3, -0.25) is 4.79 Å². The van der Waals surface area contributed by atoms with Gasteiger partial charge in [0.25, 0.3) is 5.91 Å². The molecule has 0 spiro atoms. The molecule has 4 N–H and O–H groups in total. The van der Waals surface area contributed by atoms with Crippen molar-refractivity contribution in [2.45, 2.75) is 13.0 Å². The fourth-order valence-electron chi connectivity index (χ4n) is 2.36. The zero-order chi connectivity index (χ0) is 15.4. The van der Waals surface area contributed by atoms with Gasteiger partial charge in [0.2, 0.25) is 0 Å². The van der Waals surface area contributed by atoms with Gasteiger partial charge in [0.1, 0.15) is 5.82 Å². The predicted molar refractivity (Wildman–Crippen MR) is 86.5 cm³/mol. The van der Waals surface area contributed by atoms with Gasteiger partial charge in [-0.15, -0.1) is 0 Å². The molecular weight excluding hydrogens is 276 g/mol. The molecule has 1 aromatic heterocycles. The van der Waals surface area contributed by atoms with Gasteiger partial charge in [0.05, 0.1) is 11.0 Å². The molecular formula is C17H18N4O. The molecule has 3 rings (SSSR count). The summed E-state index contributed by atoms with van der Waals surface area (Å²) in [6.45, 7) is 0.964. The van der Waals surface area contributed by atoms with Gasteiger partial charge < -0.3 is 16.0 Å². The minimum Gasteiger partial charge on any atom is -0.352 e. The van der Waals surface area contributed by atoms with E-state index < -0.39 is 0 Å². The van der Waals surface area contributed by atoms with Crippen LogP contribution in [0.5, 0.6) is 0 Å². The summed E-state index contributed by atoms with van der Waals surface area (Å²) in [5.74, 6) is 0.781. The van der Waals surface area contributed by atoms with Crippen LogP contribution in [0.15, 0.2) is 48.5 Å². The van der Waals surface area contributed by atoms with E-state index in [1.54, 1.807) is 6.07 Å². The van der Waals surface area contributed by atoms with Crippen LogP contribution in [0.25, 0.3) is 11.0 Å². The Morgan fingerprint density at radius 1 is 1.18 bits per heavy atom. The van der Waals surface area contributed by atoms with E-state index in [2.05, 4.69) is 15.3 Å². The zero-order valence-electron chi connectivity index (χ0n) is 12.2. The SMILES string of the molecule is NCc1cccc(C(=O)NCCc2nc3ccccc3[nH]2)c1. The number of carbonyl (C=O) groups is 1. The maximum absolute atomic E-state index is 12.1. The van der Waals surface area contributed by atoms with Gasteiger partial charge in [0, 0.05) is 25.1 Å². The Morgan fingerprint density at radius 3 is 2.86 bits per heavy atom. The molecule has 0 saturated heterocycles. The summed E-state index contributed by atoms with van der Waals surface area (Å²) in [6.07, 6.45) is 0.664. The van der Waals surface area contributed by atoms with Gasteiger partial charge in [-0.1, -0.05) is 24.3 Å². The highest BCUT2D eigenvalue weighted by Gasteiger charge is 2.06. The van der Waals surface area contributed by atoms with Crippen LogP contribution in [0.1, 0.15) is 21.7 Å². The number of benzene rings is 2. The minimum atomic E-state index is -0.0913. The number of rotatable bonds is 5. The van der Waals surface area contributed by atoms with Crippen molar-refractivity contribution < 1.29 is 4.79 Å². The second kappa shape index (κ2) is 6.41. The number of fused-ring (bicyclic) bond motifs is 1. The smallest absolute Gasteiger partial charge is 0.251 e. The summed E-state index contributed by atoms with van der Waals surface area (Å²) in [5.41, 5.74) is 9.13. The topological polar surface area (TPSA) is 83.8 Å². The summed E-state index contributed by atoms with van der Waals surface area (Å²) in [7, 11) is 0. The number of nitrogens with zero attached hydrogens (tertiary/aromatic N) is 1. The molecule has 0 bridgehead atoms. The Kier molecular flexibility index (Phi) is 4.16. The van der Waals surface area contributed by atoms with Crippen molar-refractivity contribution in [3.8, 4) is 0 Å². The fourth-order valence-corrected chi connectivity index (χ4v) is 2.36. The van der Waals surface area contributed by atoms with E-state index in [0.717, 1.165) is 22.4 Å². The molecule has 5 heteroatoms. The van der Waals surface area contributed by atoms with E-state index in [1.165, 1.54) is 0 Å². The molecule has 0 aliphatic carbocycles. The lowest BCUT2D eigenvalue weighted by molar-refractivity contribution is 0.0954. The van der Waals surface area contributed by atoms with Crippen LogP contribution >= 0.6 is 0 Å². The largest absolute Gasteiger partial charge is 0.352 e. The van der Waals surface area contributed by atoms with Crippen molar-refractivity contribution in [1.82, 2.24) is 15.3 Å². The van der Waals surface area contributed by atoms with E-state index in [-0.39, 0.29) is 5.91 Å². The number of hydrogen-bond donors (Lipinski definition) is 3. The molecule has 1 amide bonds. The van der Waals surface area contributed by atoms with Crippen LogP contribution in [0, 0.1) is 0 Å². The Labute approximate surface area is 128 Å². The molecule has 3 aromatic rings. The van der Waals surface area contributed by atoms with E-state index >= 15 is 0 Å². The number of hydrogen-bond acceptors (Lipinski definition) is 3. The third kappa shape index (κ3) is 3.15. The first-order valence-electron chi connectivity index (χ1n) is 7.27. The lowest BCUT2D eigenvalue weighted by atomic mass is 10.1. The molecule has 1 heterocycles. The van der Waals surface area contributed by atoms with Crippen molar-refractivity contribution in [3.05, 3.63) is 65.5 Å². The van der Waals surface area contributed by atoms with Gasteiger partial charge in [0.15, 0.2) is 0 Å². The van der Waals surface area contributed by atoms with Crippen LogP contribution in [0.3, 0.4) is 0 Å². The quantitative estimate of drug-likeness (QED) is 0.673. The molecule has 0 atom stereocenters. The number of para-hydroxylation sites is 2. The fraction of sp³-hybridized carbons (Fsp3) is 0.176. The number of H-pyrrole nitrogens is 1. The molecule has 2 aromatic carbocycles. The first-order valence-corrected chi connectivity index (χ1v) is 7.27. The van der Waals surface area contributed by atoms with Gasteiger partial charge in [-0.2, -0.15) is 0 Å². The monoisotopic (exact) mass is 294 g/mol. The number of aromatic nitrogens is 2. The van der Waals surface area contributed by atoms with E-state index in [0.29, 0.717) is 25.1 Å². The summed E-state index contributed by atoms with van der Waals surface area (Å²) >= 11 is 0. The molecule has 0 saturated carbocycles. The Bertz CT molecular complexity index is 761. The van der Waals surface area contributed by atoms with Crippen LogP contribution in [0.4, 0.5) is 0 Å². The van der Waals surface area contributed by atoms with Gasteiger partial charge in [-0.05, 0) is 29.8 Å². The summed E-state index contributed by atoms with van der Waals surface area (Å²) < 4.78 is 0. The first-order chi connectivity index (χ1) is 10.8. The number of amides is 1. The predicted octanol–water partition coefficient (Wildman–Crippen LogP) is 1.99. The molecule has 5 nitrogen and oxygen atoms in total. The second-order valence-corrected chi connectivity index (χ2v) is 5.11. The summed E-state index contributed by atoms with van der Waals surface area (Å²) in [6, 6.07) is 15.2. The number of carbonyl (C=O) groups excluding carboxylic acids is 1. The lowest BCUT2D eigenvalue weighted by Gasteiger charge is -2.05. The highest BCUT2D eigenvalue weighted by atomic mass is 16.1. The summed E-state index contributed by atoms with van der Waals surface area (Å²) in [5, 5.41) is 2.90. The van der Waals surface area contributed by atoms with Crippen LogP contribution < -0.4 is 11.1 Å². The molecule has 112 valence electrons. The van der Waals surface area contributed by atoms with E-state index in [4.69, 9.17) is 5.73 Å². The third-order valence-electron chi connectivity index (χ3n) is 3.51. The average molecular weight is 294 g/mol. The molecule has 0 aliphatic heterocycles. The maximum atomic E-state index is 12.1. The minimum absolute atomic E-state index is 0.0913. The Balaban J connectivity index is 1.59. The molecule has 22 heavy (non-hydrogen) atoms. The number of aromatic amines is 1. The van der Waals surface area contributed by atoms with Crippen molar-refractivity contribution in [3.63, 3.8) is 0 Å². The Morgan fingerprint density at radius 2 is 2.05 bits per heavy atom. The highest BCUT2D eigenvalue weighted by molar-refractivity contribution is 5.94. The molecule has 0 aliphatic rings. The van der Waals surface area contributed by atoms with E-state index in [9.17, 15) is 4.79 Å². The summed E-state index contributed by atoms with van der Waals surface area (Å²) in [4.78, 5) is 19.8. The highest BCUT2D eigenvalue weighted by Crippen LogP contribution is 2.10. The van der Waals surface area contributed by atoms with Crippen molar-refractivity contribution in [1.29, 1.82) is 0 Å². The molecule has 0 fully saturated rings. The lowest BCUT2D eigenvalue weighted by Crippen LogP contribution is -2.26. The maximum Gasteiger partial charge on any atom is 0.251 e. The second-order valence-electron chi connectivity index (χ2n) is 5.11. The van der Waals surface area contributed by atoms with Gasteiger partial charge >= 0.3 is 0 Å². The molecule has 0 unspecified atom stereocenters. The van der Waals surface area contributed by atoms with Crippen LogP contribution in [-0.2, 0) is 13.0 Å². The van der Waals surface area contributed by atoms with Crippen molar-refractivity contribution >= 4 is 16.9 Å². The first kappa shape index (κ1) is 14.3. The average Bonchev–Trinajstić information content (AvgIpc) is 2.97. The van der Waals surface area contributed by atoms with Crippen molar-refractivity contribution in [2.24, 2.45) is 5.73 Å². The third-order valence-corrected chi connectivity index (χ3v) is 3.51. The van der Waals surface area contributed by atoms with Crippen molar-refractivity contribution in [2.75, 3.05) is 6.54 Å². The Hall–Kier alpha value is -2.66. The van der Waals surface area contributed by atoms with Crippen LogP contribution in [0.2, 0.25) is 0 Å². The standard InChI is InChI=1S/C17H18N4O/c18-11-12-4-3-5-13(10-12)17(22)19-9-8-16-20-14-6-1-2-7-15(14)21-16/h1-7,10H,8-9,11,18H2,(H,19,22)(H,20,21). The zero-order valence-corrected chi connectivity index (χ0v) is 12.2. The van der Waals surface area contributed by atoms with E-state index in [1.807, 2.05) is 42.5 Å².